The fourth-order valence-corrected chi connectivity index (χ4v) is 5.77. The van der Waals surface area contributed by atoms with E-state index < -0.39 is 47.4 Å². The summed E-state index contributed by atoms with van der Waals surface area (Å²) in [5, 5.41) is 0.629. The molecule has 6 atom stereocenters. The third-order valence-corrected chi connectivity index (χ3v) is 7.42. The van der Waals surface area contributed by atoms with Gasteiger partial charge in [-0.25, -0.2) is 9.59 Å². The summed E-state index contributed by atoms with van der Waals surface area (Å²) in [5.41, 5.74) is 3.19. The van der Waals surface area contributed by atoms with Gasteiger partial charge in [0.05, 0.1) is 24.5 Å². The van der Waals surface area contributed by atoms with Crippen LogP contribution in [0.1, 0.15) is 45.6 Å². The number of fused-ring (bicyclic) bond motifs is 5. The summed E-state index contributed by atoms with van der Waals surface area (Å²) < 4.78 is 5.54. The highest BCUT2D eigenvalue weighted by Gasteiger charge is 2.61. The Kier molecular flexibility index (Phi) is 6.80. The number of benzene rings is 1. The van der Waals surface area contributed by atoms with Crippen molar-refractivity contribution in [3.05, 3.63) is 48.0 Å². The molecule has 3 amide bonds. The van der Waals surface area contributed by atoms with Crippen LogP contribution in [0.25, 0.3) is 0 Å². The first-order valence-corrected chi connectivity index (χ1v) is 12.8. The van der Waals surface area contributed by atoms with Crippen LogP contribution in [0.15, 0.2) is 42.5 Å². The molecule has 2 heterocycles. The van der Waals surface area contributed by atoms with Crippen molar-refractivity contribution in [2.75, 3.05) is 6.54 Å². The van der Waals surface area contributed by atoms with Gasteiger partial charge in [-0.2, -0.15) is 5.48 Å². The summed E-state index contributed by atoms with van der Waals surface area (Å²) >= 11 is 0. The van der Waals surface area contributed by atoms with E-state index in [9.17, 15) is 19.2 Å². The van der Waals surface area contributed by atoms with Gasteiger partial charge in [-0.05, 0) is 57.4 Å². The summed E-state index contributed by atoms with van der Waals surface area (Å²) in [6.45, 7) is 5.69. The zero-order valence-electron chi connectivity index (χ0n) is 21.3. The molecule has 1 aromatic carbocycles. The van der Waals surface area contributed by atoms with E-state index in [1.165, 1.54) is 4.90 Å². The molecule has 3 fully saturated rings. The highest BCUT2D eigenvalue weighted by atomic mass is 16.7. The predicted octanol–water partition coefficient (Wildman–Crippen LogP) is 2.74. The van der Waals surface area contributed by atoms with Crippen LogP contribution in [0.3, 0.4) is 0 Å². The number of nitrogens with zero attached hydrogens (tertiary/aromatic N) is 2. The highest BCUT2D eigenvalue weighted by molar-refractivity contribution is 6.06. The Morgan fingerprint density at radius 2 is 1.65 bits per heavy atom. The number of imide groups is 1. The number of ether oxygens (including phenoxy) is 1. The van der Waals surface area contributed by atoms with Crippen molar-refractivity contribution in [1.82, 2.24) is 15.4 Å². The van der Waals surface area contributed by atoms with E-state index in [0.29, 0.717) is 18.1 Å². The summed E-state index contributed by atoms with van der Waals surface area (Å²) in [5.74, 6) is -2.71. The first-order valence-electron chi connectivity index (χ1n) is 12.8. The number of nitrogens with one attached hydrogen (secondary N) is 1. The first-order chi connectivity index (χ1) is 17.6. The topological polar surface area (TPSA) is 114 Å². The maximum Gasteiger partial charge on any atom is 0.411 e. The SMILES string of the molecule is CC(C)(C)OC(=O)N1C[C@@H](NOCc2ccccc2)CC[C@@H]1C(=O)ON1C(=O)C2C3C=CC(C3)C2C1=O. The number of carbonyl (C=O) groups excluding carboxylic acids is 4. The molecule has 2 bridgehead atoms. The van der Waals surface area contributed by atoms with Crippen molar-refractivity contribution in [3.63, 3.8) is 0 Å². The normalized spacial score (nSPS) is 30.6. The largest absolute Gasteiger partial charge is 0.444 e. The maximum absolute atomic E-state index is 13.2. The quantitative estimate of drug-likeness (QED) is 0.352. The number of allylic oxidation sites excluding steroid dienone is 2. The Bertz CT molecular complexity index is 1070. The van der Waals surface area contributed by atoms with E-state index in [1.807, 2.05) is 42.5 Å². The van der Waals surface area contributed by atoms with Gasteiger partial charge in [0.15, 0.2) is 0 Å². The molecule has 2 aliphatic carbocycles. The standard InChI is InChI=1S/C27H33N3O7/c1-27(2,3)36-26(34)29-14-19(28-35-15-16-7-5-4-6-8-16)11-12-20(29)25(33)37-30-23(31)21-17-9-10-18(13-17)22(21)24(30)32/h4-10,17-22,28H,11-15H2,1-3H3/t17?,18?,19-,20+,21?,22?/m0/s1. The number of hydrogen-bond donors (Lipinski definition) is 1. The molecular formula is C27H33N3O7. The van der Waals surface area contributed by atoms with Gasteiger partial charge in [-0.15, -0.1) is 5.06 Å². The van der Waals surface area contributed by atoms with Crippen LogP contribution < -0.4 is 5.48 Å². The third kappa shape index (κ3) is 5.13. The lowest BCUT2D eigenvalue weighted by molar-refractivity contribution is -0.203. The number of carbonyl (C=O) groups is 4. The van der Waals surface area contributed by atoms with Crippen molar-refractivity contribution < 1.29 is 33.6 Å². The van der Waals surface area contributed by atoms with Crippen molar-refractivity contribution in [3.8, 4) is 0 Å². The van der Waals surface area contributed by atoms with Crippen molar-refractivity contribution in [2.24, 2.45) is 23.7 Å². The number of amides is 3. The fourth-order valence-electron chi connectivity index (χ4n) is 5.77. The number of hydrogen-bond acceptors (Lipinski definition) is 8. The van der Waals surface area contributed by atoms with E-state index in [0.717, 1.165) is 12.0 Å². The minimum atomic E-state index is -1.00. The molecule has 4 unspecified atom stereocenters. The Labute approximate surface area is 215 Å². The monoisotopic (exact) mass is 511 g/mol. The van der Waals surface area contributed by atoms with E-state index in [1.54, 1.807) is 20.8 Å². The Hall–Kier alpha value is -3.24. The first kappa shape index (κ1) is 25.4. The van der Waals surface area contributed by atoms with Crippen LogP contribution in [0.5, 0.6) is 0 Å². The van der Waals surface area contributed by atoms with Gasteiger partial charge in [0, 0.05) is 6.54 Å². The minimum Gasteiger partial charge on any atom is -0.444 e. The lowest BCUT2D eigenvalue weighted by atomic mass is 9.85. The number of likely N-dealkylation sites (tertiary alicyclic amines) is 1. The second-order valence-corrected chi connectivity index (χ2v) is 11.2. The zero-order valence-corrected chi connectivity index (χ0v) is 21.3. The Morgan fingerprint density at radius 3 is 2.27 bits per heavy atom. The van der Waals surface area contributed by atoms with Crippen LogP contribution in [-0.2, 0) is 35.4 Å². The molecule has 1 N–H and O–H groups in total. The Morgan fingerprint density at radius 1 is 1.00 bits per heavy atom. The van der Waals surface area contributed by atoms with E-state index in [-0.39, 0.29) is 30.8 Å². The van der Waals surface area contributed by atoms with Gasteiger partial charge in [0.1, 0.15) is 11.6 Å². The van der Waals surface area contributed by atoms with Crippen molar-refractivity contribution >= 4 is 23.9 Å². The summed E-state index contributed by atoms with van der Waals surface area (Å²) in [7, 11) is 0. The molecule has 198 valence electrons. The second-order valence-electron chi connectivity index (χ2n) is 11.2. The molecule has 37 heavy (non-hydrogen) atoms. The molecule has 1 aromatic rings. The van der Waals surface area contributed by atoms with Crippen LogP contribution in [0, 0.1) is 23.7 Å². The maximum atomic E-state index is 13.2. The molecule has 10 nitrogen and oxygen atoms in total. The van der Waals surface area contributed by atoms with Crippen molar-refractivity contribution in [2.45, 2.75) is 64.3 Å². The molecular weight excluding hydrogens is 478 g/mol. The number of piperidine rings is 1. The highest BCUT2D eigenvalue weighted by Crippen LogP contribution is 2.52. The lowest BCUT2D eigenvalue weighted by Gasteiger charge is -2.38. The van der Waals surface area contributed by atoms with Crippen LogP contribution in [0.2, 0.25) is 0 Å². The lowest BCUT2D eigenvalue weighted by Crippen LogP contribution is -2.57. The summed E-state index contributed by atoms with van der Waals surface area (Å²) in [6.07, 6.45) is 4.81. The summed E-state index contributed by atoms with van der Waals surface area (Å²) in [6, 6.07) is 8.39. The molecule has 2 saturated heterocycles. The molecule has 0 radical (unpaired) electrons. The molecule has 5 rings (SSSR count). The average Bonchev–Trinajstić information content (AvgIpc) is 3.54. The molecule has 0 aromatic heterocycles. The van der Waals surface area contributed by atoms with Crippen LogP contribution in [-0.4, -0.2) is 58.1 Å². The Balaban J connectivity index is 1.24. The second kappa shape index (κ2) is 9.90. The average molecular weight is 512 g/mol. The van der Waals surface area contributed by atoms with Gasteiger partial charge in [-0.3, -0.25) is 19.3 Å². The predicted molar refractivity (Wildman–Crippen MR) is 130 cm³/mol. The van der Waals surface area contributed by atoms with Crippen LogP contribution >= 0.6 is 0 Å². The van der Waals surface area contributed by atoms with E-state index in [2.05, 4.69) is 5.48 Å². The van der Waals surface area contributed by atoms with Gasteiger partial charge in [0.2, 0.25) is 0 Å². The zero-order chi connectivity index (χ0) is 26.3. The molecule has 0 spiro atoms. The number of rotatable bonds is 6. The molecule has 2 aliphatic heterocycles. The fraction of sp³-hybridized carbons (Fsp3) is 0.556. The molecule has 10 heteroatoms. The van der Waals surface area contributed by atoms with Gasteiger partial charge < -0.3 is 9.57 Å². The van der Waals surface area contributed by atoms with E-state index >= 15 is 0 Å². The number of hydroxylamine groups is 3. The van der Waals surface area contributed by atoms with Crippen molar-refractivity contribution in [1.29, 1.82) is 0 Å². The molecule has 1 saturated carbocycles. The van der Waals surface area contributed by atoms with Gasteiger partial charge in [0.25, 0.3) is 11.8 Å². The summed E-state index contributed by atoms with van der Waals surface area (Å²) in [4.78, 5) is 64.5. The van der Waals surface area contributed by atoms with Gasteiger partial charge >= 0.3 is 12.1 Å². The van der Waals surface area contributed by atoms with Gasteiger partial charge in [-0.1, -0.05) is 42.5 Å². The van der Waals surface area contributed by atoms with E-state index in [4.69, 9.17) is 14.4 Å². The minimum absolute atomic E-state index is 0.00538. The van der Waals surface area contributed by atoms with Crippen LogP contribution in [0.4, 0.5) is 4.79 Å². The smallest absolute Gasteiger partial charge is 0.411 e. The third-order valence-electron chi connectivity index (χ3n) is 7.42. The molecule has 4 aliphatic rings.